The third-order valence-corrected chi connectivity index (χ3v) is 4.46. The summed E-state index contributed by atoms with van der Waals surface area (Å²) in [5.41, 5.74) is 0.504. The number of hydrogen-bond acceptors (Lipinski definition) is 6. The van der Waals surface area contributed by atoms with Crippen LogP contribution in [0, 0.1) is 6.92 Å². The minimum atomic E-state index is -0.0295. The molecule has 2 aromatic heterocycles. The molecule has 2 N–H and O–H groups in total. The average molecular weight is 343 g/mol. The summed E-state index contributed by atoms with van der Waals surface area (Å²) in [6.07, 6.45) is 5.36. The zero-order valence-electron chi connectivity index (χ0n) is 14.8. The molecule has 0 saturated carbocycles. The number of nitrogens with zero attached hydrogens (tertiary/aromatic N) is 3. The number of hydrogen-bond donors (Lipinski definition) is 2. The number of rotatable bonds is 6. The first-order valence-electron chi connectivity index (χ1n) is 8.80. The lowest BCUT2D eigenvalue weighted by Gasteiger charge is -2.34. The summed E-state index contributed by atoms with van der Waals surface area (Å²) >= 11 is 0. The van der Waals surface area contributed by atoms with Crippen LogP contribution in [-0.2, 0) is 6.54 Å². The Bertz CT molecular complexity index is 695. The summed E-state index contributed by atoms with van der Waals surface area (Å²) in [6, 6.07) is 3.93. The first-order valence-corrected chi connectivity index (χ1v) is 8.80. The summed E-state index contributed by atoms with van der Waals surface area (Å²) in [4.78, 5) is 23.7. The average Bonchev–Trinajstić information content (AvgIpc) is 3.15. The van der Waals surface area contributed by atoms with Crippen LogP contribution < -0.4 is 10.6 Å². The van der Waals surface area contributed by atoms with Crippen LogP contribution in [0.2, 0.25) is 0 Å². The van der Waals surface area contributed by atoms with E-state index in [0.717, 1.165) is 31.7 Å². The van der Waals surface area contributed by atoms with E-state index in [2.05, 4.69) is 20.6 Å². The molecule has 0 bridgehead atoms. The highest BCUT2D eigenvalue weighted by Gasteiger charge is 2.27. The number of anilines is 1. The fourth-order valence-electron chi connectivity index (χ4n) is 3.17. The van der Waals surface area contributed by atoms with Gasteiger partial charge in [-0.2, -0.15) is 0 Å². The minimum Gasteiger partial charge on any atom is -0.467 e. The SMILES string of the molecule is CCN(C(=O)c1cnc(C)nc1NCc1ccco1)[C@H]1CCCNC1. The molecule has 3 heterocycles. The molecule has 134 valence electrons. The highest BCUT2D eigenvalue weighted by Crippen LogP contribution is 2.19. The van der Waals surface area contributed by atoms with Gasteiger partial charge in [-0.25, -0.2) is 9.97 Å². The van der Waals surface area contributed by atoms with Crippen molar-refractivity contribution in [2.45, 2.75) is 39.3 Å². The number of carbonyl (C=O) groups excluding carboxylic acids is 1. The lowest BCUT2D eigenvalue weighted by Crippen LogP contribution is -2.48. The summed E-state index contributed by atoms with van der Waals surface area (Å²) < 4.78 is 5.34. The zero-order valence-corrected chi connectivity index (χ0v) is 14.8. The lowest BCUT2D eigenvalue weighted by molar-refractivity contribution is 0.0662. The van der Waals surface area contributed by atoms with E-state index in [1.807, 2.05) is 30.9 Å². The smallest absolute Gasteiger partial charge is 0.259 e. The zero-order chi connectivity index (χ0) is 17.6. The Labute approximate surface area is 147 Å². The maximum atomic E-state index is 13.1. The molecule has 25 heavy (non-hydrogen) atoms. The van der Waals surface area contributed by atoms with Crippen molar-refractivity contribution in [2.75, 3.05) is 25.0 Å². The Hall–Kier alpha value is -2.41. The van der Waals surface area contributed by atoms with Crippen LogP contribution in [0.3, 0.4) is 0 Å². The van der Waals surface area contributed by atoms with E-state index in [9.17, 15) is 4.79 Å². The third kappa shape index (κ3) is 4.17. The number of nitrogens with one attached hydrogen (secondary N) is 2. The Morgan fingerprint density at radius 1 is 1.52 bits per heavy atom. The molecule has 0 aromatic carbocycles. The van der Waals surface area contributed by atoms with Crippen molar-refractivity contribution < 1.29 is 9.21 Å². The summed E-state index contributed by atoms with van der Waals surface area (Å²) in [5, 5.41) is 6.58. The van der Waals surface area contributed by atoms with Gasteiger partial charge in [-0.05, 0) is 45.4 Å². The molecule has 0 aliphatic carbocycles. The number of carbonyl (C=O) groups is 1. The summed E-state index contributed by atoms with van der Waals surface area (Å²) in [6.45, 7) is 6.82. The Balaban J connectivity index is 1.80. The molecule has 3 rings (SSSR count). The van der Waals surface area contributed by atoms with Gasteiger partial charge in [-0.15, -0.1) is 0 Å². The van der Waals surface area contributed by atoms with E-state index >= 15 is 0 Å². The number of aryl methyl sites for hydroxylation is 1. The third-order valence-electron chi connectivity index (χ3n) is 4.46. The first-order chi connectivity index (χ1) is 12.2. The molecule has 1 aliphatic heterocycles. The van der Waals surface area contributed by atoms with Crippen LogP contribution in [0.5, 0.6) is 0 Å². The van der Waals surface area contributed by atoms with Gasteiger partial charge in [-0.1, -0.05) is 0 Å². The van der Waals surface area contributed by atoms with E-state index in [4.69, 9.17) is 4.42 Å². The molecular weight excluding hydrogens is 318 g/mol. The van der Waals surface area contributed by atoms with Crippen LogP contribution in [-0.4, -0.2) is 46.5 Å². The molecule has 0 unspecified atom stereocenters. The highest BCUT2D eigenvalue weighted by atomic mass is 16.3. The predicted molar refractivity (Wildman–Crippen MR) is 95.4 cm³/mol. The van der Waals surface area contributed by atoms with Gasteiger partial charge in [0.2, 0.25) is 0 Å². The standard InChI is InChI=1S/C18H25N5O2/c1-3-23(14-6-4-8-19-10-14)18(24)16-12-20-13(2)22-17(16)21-11-15-7-5-9-25-15/h5,7,9,12,14,19H,3-4,6,8,10-11H2,1-2H3,(H,20,21,22)/t14-/m0/s1. The van der Waals surface area contributed by atoms with Crippen molar-refractivity contribution >= 4 is 11.7 Å². The van der Waals surface area contributed by atoms with Crippen molar-refractivity contribution in [3.8, 4) is 0 Å². The second-order valence-electron chi connectivity index (χ2n) is 6.20. The van der Waals surface area contributed by atoms with E-state index in [-0.39, 0.29) is 11.9 Å². The van der Waals surface area contributed by atoms with Gasteiger partial charge >= 0.3 is 0 Å². The van der Waals surface area contributed by atoms with E-state index in [0.29, 0.717) is 30.3 Å². The number of likely N-dealkylation sites (N-methyl/N-ethyl adjacent to an activating group) is 1. The molecule has 1 saturated heterocycles. The molecule has 7 heteroatoms. The van der Waals surface area contributed by atoms with E-state index in [1.54, 1.807) is 12.5 Å². The Morgan fingerprint density at radius 3 is 3.08 bits per heavy atom. The first kappa shape index (κ1) is 17.4. The predicted octanol–water partition coefficient (Wildman–Crippen LogP) is 2.20. The molecule has 1 aliphatic rings. The maximum Gasteiger partial charge on any atom is 0.259 e. The number of piperidine rings is 1. The van der Waals surface area contributed by atoms with Crippen molar-refractivity contribution in [2.24, 2.45) is 0 Å². The largest absolute Gasteiger partial charge is 0.467 e. The van der Waals surface area contributed by atoms with Gasteiger partial charge in [0.25, 0.3) is 5.91 Å². The fourth-order valence-corrected chi connectivity index (χ4v) is 3.17. The van der Waals surface area contributed by atoms with Crippen molar-refractivity contribution in [1.82, 2.24) is 20.2 Å². The van der Waals surface area contributed by atoms with Crippen LogP contribution in [0.25, 0.3) is 0 Å². The topological polar surface area (TPSA) is 83.3 Å². The van der Waals surface area contributed by atoms with Crippen molar-refractivity contribution in [3.05, 3.63) is 41.7 Å². The molecule has 0 radical (unpaired) electrons. The molecule has 0 spiro atoms. The number of furan rings is 1. The Morgan fingerprint density at radius 2 is 2.40 bits per heavy atom. The minimum absolute atomic E-state index is 0.0295. The van der Waals surface area contributed by atoms with Crippen molar-refractivity contribution in [1.29, 1.82) is 0 Å². The highest BCUT2D eigenvalue weighted by molar-refractivity contribution is 5.98. The summed E-state index contributed by atoms with van der Waals surface area (Å²) in [5.74, 6) is 1.94. The lowest BCUT2D eigenvalue weighted by atomic mass is 10.0. The van der Waals surface area contributed by atoms with Gasteiger partial charge in [0.05, 0.1) is 12.8 Å². The molecule has 1 fully saturated rings. The molecular formula is C18H25N5O2. The van der Waals surface area contributed by atoms with Gasteiger partial charge in [-0.3, -0.25) is 4.79 Å². The van der Waals surface area contributed by atoms with Crippen LogP contribution in [0.15, 0.2) is 29.0 Å². The Kier molecular flexibility index (Phi) is 5.65. The van der Waals surface area contributed by atoms with Crippen LogP contribution in [0.1, 0.15) is 41.7 Å². The van der Waals surface area contributed by atoms with Crippen LogP contribution in [0.4, 0.5) is 5.82 Å². The normalized spacial score (nSPS) is 17.3. The number of aromatic nitrogens is 2. The van der Waals surface area contributed by atoms with Gasteiger partial charge < -0.3 is 20.0 Å². The van der Waals surface area contributed by atoms with Crippen molar-refractivity contribution in [3.63, 3.8) is 0 Å². The van der Waals surface area contributed by atoms with Crippen LogP contribution >= 0.6 is 0 Å². The fraction of sp³-hybridized carbons (Fsp3) is 0.500. The maximum absolute atomic E-state index is 13.1. The second-order valence-corrected chi connectivity index (χ2v) is 6.20. The molecule has 7 nitrogen and oxygen atoms in total. The van der Waals surface area contributed by atoms with E-state index in [1.165, 1.54) is 0 Å². The number of amides is 1. The molecule has 2 aromatic rings. The van der Waals surface area contributed by atoms with Gasteiger partial charge in [0, 0.05) is 25.3 Å². The van der Waals surface area contributed by atoms with Gasteiger partial charge in [0.15, 0.2) is 0 Å². The van der Waals surface area contributed by atoms with Gasteiger partial charge in [0.1, 0.15) is 23.0 Å². The molecule has 1 atom stereocenters. The molecule has 1 amide bonds. The summed E-state index contributed by atoms with van der Waals surface area (Å²) in [7, 11) is 0. The quantitative estimate of drug-likeness (QED) is 0.837. The van der Waals surface area contributed by atoms with E-state index < -0.39 is 0 Å². The second kappa shape index (κ2) is 8.11. The monoisotopic (exact) mass is 343 g/mol.